The van der Waals surface area contributed by atoms with Crippen molar-refractivity contribution in [3.05, 3.63) is 60.2 Å². The van der Waals surface area contributed by atoms with Gasteiger partial charge in [0, 0.05) is 19.5 Å². The highest BCUT2D eigenvalue weighted by Gasteiger charge is 2.41. The minimum absolute atomic E-state index is 0.00700. The molecule has 7 heteroatoms. The van der Waals surface area contributed by atoms with E-state index in [1.54, 1.807) is 21.9 Å². The van der Waals surface area contributed by atoms with Gasteiger partial charge in [0.1, 0.15) is 24.1 Å². The maximum Gasteiger partial charge on any atom is 0.245 e. The predicted molar refractivity (Wildman–Crippen MR) is 123 cm³/mol. The summed E-state index contributed by atoms with van der Waals surface area (Å²) in [6.07, 6.45) is 3.82. The van der Waals surface area contributed by atoms with Crippen LogP contribution < -0.4 is 4.74 Å². The van der Waals surface area contributed by atoms with Gasteiger partial charge in [-0.2, -0.15) is 0 Å². The van der Waals surface area contributed by atoms with E-state index in [1.807, 2.05) is 30.3 Å². The summed E-state index contributed by atoms with van der Waals surface area (Å²) in [7, 11) is 0. The number of Topliss-reactive ketones (excluding diaryl/α,β-unsaturated/α-hetero) is 1. The summed E-state index contributed by atoms with van der Waals surface area (Å²) < 4.78 is 5.56. The number of carbonyl (C=O) groups excluding carboxylic acids is 3. The lowest BCUT2D eigenvalue weighted by Gasteiger charge is -2.31. The summed E-state index contributed by atoms with van der Waals surface area (Å²) in [5.41, 5.74) is 1.10. The smallest absolute Gasteiger partial charge is 0.245 e. The van der Waals surface area contributed by atoms with Crippen LogP contribution in [0.3, 0.4) is 0 Å². The van der Waals surface area contributed by atoms with Gasteiger partial charge in [0.15, 0.2) is 5.78 Å². The van der Waals surface area contributed by atoms with E-state index in [2.05, 4.69) is 0 Å². The van der Waals surface area contributed by atoms with Crippen LogP contribution in [0.15, 0.2) is 54.6 Å². The predicted octanol–water partition coefficient (Wildman–Crippen LogP) is 2.95. The van der Waals surface area contributed by atoms with E-state index in [4.69, 9.17) is 4.74 Å². The van der Waals surface area contributed by atoms with Gasteiger partial charge in [-0.25, -0.2) is 0 Å². The summed E-state index contributed by atoms with van der Waals surface area (Å²) in [5.74, 6) is 0.339. The molecule has 174 valence electrons. The first-order valence-electron chi connectivity index (χ1n) is 11.6. The van der Waals surface area contributed by atoms with Gasteiger partial charge in [0.25, 0.3) is 0 Å². The number of ketones is 1. The Morgan fingerprint density at radius 1 is 0.879 bits per heavy atom. The molecule has 33 heavy (non-hydrogen) atoms. The lowest BCUT2D eigenvalue weighted by atomic mass is 10.1. The fourth-order valence-electron chi connectivity index (χ4n) is 4.71. The number of carbonyl (C=O) groups is 3. The summed E-state index contributed by atoms with van der Waals surface area (Å²) in [6.45, 7) is 0.973. The Morgan fingerprint density at radius 2 is 1.55 bits per heavy atom. The van der Waals surface area contributed by atoms with E-state index in [9.17, 15) is 19.5 Å². The molecule has 2 aliphatic rings. The second kappa shape index (κ2) is 10.5. The van der Waals surface area contributed by atoms with Gasteiger partial charge in [-0.1, -0.05) is 30.3 Å². The van der Waals surface area contributed by atoms with Crippen LogP contribution in [-0.4, -0.2) is 64.3 Å². The minimum atomic E-state index is -0.517. The van der Waals surface area contributed by atoms with Crippen LogP contribution in [0.4, 0.5) is 0 Å². The molecule has 0 radical (unpaired) electrons. The molecule has 2 heterocycles. The van der Waals surface area contributed by atoms with E-state index >= 15 is 0 Å². The van der Waals surface area contributed by atoms with Gasteiger partial charge in [-0.05, 0) is 61.9 Å². The maximum atomic E-state index is 13.4. The fourth-order valence-corrected chi connectivity index (χ4v) is 4.71. The molecule has 0 spiro atoms. The van der Waals surface area contributed by atoms with Gasteiger partial charge in [-0.3, -0.25) is 14.4 Å². The topological polar surface area (TPSA) is 87.2 Å². The first-order valence-corrected chi connectivity index (χ1v) is 11.6. The van der Waals surface area contributed by atoms with Crippen molar-refractivity contribution in [1.82, 2.24) is 9.80 Å². The van der Waals surface area contributed by atoms with Crippen LogP contribution in [-0.2, 0) is 20.8 Å². The number of likely N-dealkylation sites (tertiary alicyclic amines) is 2. The lowest BCUT2D eigenvalue weighted by molar-refractivity contribution is -0.146. The average molecular weight is 451 g/mol. The van der Waals surface area contributed by atoms with Crippen molar-refractivity contribution in [3.63, 3.8) is 0 Å². The van der Waals surface area contributed by atoms with E-state index in [0.717, 1.165) is 18.4 Å². The van der Waals surface area contributed by atoms with Gasteiger partial charge in [0.2, 0.25) is 11.8 Å². The number of aryl methyl sites for hydroxylation is 1. The summed E-state index contributed by atoms with van der Waals surface area (Å²) in [4.78, 5) is 42.5. The zero-order valence-corrected chi connectivity index (χ0v) is 18.7. The third-order valence-electron chi connectivity index (χ3n) is 6.45. The molecule has 2 aromatic carbocycles. The Kier molecular flexibility index (Phi) is 7.27. The van der Waals surface area contributed by atoms with Crippen molar-refractivity contribution < 1.29 is 24.2 Å². The molecule has 2 fully saturated rings. The number of benzene rings is 2. The first-order chi connectivity index (χ1) is 16.0. The van der Waals surface area contributed by atoms with E-state index < -0.39 is 12.1 Å². The quantitative estimate of drug-likeness (QED) is 0.668. The third kappa shape index (κ3) is 5.53. The molecular formula is C26H30N2O5. The van der Waals surface area contributed by atoms with Crippen LogP contribution in [0.1, 0.15) is 37.7 Å². The number of rotatable bonds is 8. The van der Waals surface area contributed by atoms with Gasteiger partial charge in [-0.15, -0.1) is 0 Å². The number of phenolic OH excluding ortho intramolecular Hbond substituents is 1. The molecular weight excluding hydrogens is 420 g/mol. The second-order valence-electron chi connectivity index (χ2n) is 8.67. The van der Waals surface area contributed by atoms with Crippen LogP contribution in [0.5, 0.6) is 11.5 Å². The minimum Gasteiger partial charge on any atom is -0.508 e. The molecule has 7 nitrogen and oxygen atoms in total. The van der Waals surface area contributed by atoms with Crippen LogP contribution in [0.25, 0.3) is 0 Å². The Bertz CT molecular complexity index is 976. The van der Waals surface area contributed by atoms with Crippen molar-refractivity contribution in [2.45, 2.75) is 50.6 Å². The SMILES string of the molecule is O=C(COc1ccc(O)cc1)[C@@H]1CCCN1C(=O)[C@H]1CCCN1C(=O)CCc1ccccc1. The fraction of sp³-hybridized carbons (Fsp3) is 0.423. The van der Waals surface area contributed by atoms with E-state index in [1.165, 1.54) is 12.1 Å². The van der Waals surface area contributed by atoms with Crippen LogP contribution in [0, 0.1) is 0 Å². The first kappa shape index (κ1) is 22.8. The molecule has 0 saturated carbocycles. The van der Waals surface area contributed by atoms with Gasteiger partial charge >= 0.3 is 0 Å². The summed E-state index contributed by atoms with van der Waals surface area (Å²) >= 11 is 0. The van der Waals surface area contributed by atoms with Gasteiger partial charge < -0.3 is 19.6 Å². The molecule has 2 aromatic rings. The van der Waals surface area contributed by atoms with Crippen molar-refractivity contribution in [1.29, 1.82) is 0 Å². The molecule has 2 saturated heterocycles. The maximum absolute atomic E-state index is 13.4. The van der Waals surface area contributed by atoms with E-state index in [-0.39, 0.29) is 30.0 Å². The molecule has 2 aliphatic heterocycles. The molecule has 0 aromatic heterocycles. The zero-order chi connectivity index (χ0) is 23.2. The monoisotopic (exact) mass is 450 g/mol. The molecule has 2 atom stereocenters. The van der Waals surface area contributed by atoms with Crippen molar-refractivity contribution in [2.24, 2.45) is 0 Å². The number of aromatic hydroxyl groups is 1. The zero-order valence-electron chi connectivity index (χ0n) is 18.7. The van der Waals surface area contributed by atoms with Crippen molar-refractivity contribution in [3.8, 4) is 11.5 Å². The van der Waals surface area contributed by atoms with Crippen LogP contribution in [0.2, 0.25) is 0 Å². The largest absolute Gasteiger partial charge is 0.508 e. The molecule has 2 amide bonds. The number of hydrogen-bond donors (Lipinski definition) is 1. The molecule has 1 N–H and O–H groups in total. The Hall–Kier alpha value is -3.35. The van der Waals surface area contributed by atoms with E-state index in [0.29, 0.717) is 44.5 Å². The lowest BCUT2D eigenvalue weighted by Crippen LogP contribution is -2.51. The summed E-state index contributed by atoms with van der Waals surface area (Å²) in [5, 5.41) is 9.36. The standard InChI is InChI=1S/C26H30N2O5/c29-20-11-13-21(14-12-20)33-18-24(30)22-8-4-17-28(22)26(32)23-9-5-16-27(23)25(31)15-10-19-6-2-1-3-7-19/h1-3,6-7,11-14,22-23,29H,4-5,8-10,15-18H2/t22-,23+/m0/s1. The van der Waals surface area contributed by atoms with Gasteiger partial charge in [0.05, 0.1) is 6.04 Å². The Morgan fingerprint density at radius 3 is 2.27 bits per heavy atom. The summed E-state index contributed by atoms with van der Waals surface area (Å²) in [6, 6.07) is 15.0. The number of nitrogens with zero attached hydrogens (tertiary/aromatic N) is 2. The second-order valence-corrected chi connectivity index (χ2v) is 8.67. The van der Waals surface area contributed by atoms with Crippen molar-refractivity contribution >= 4 is 17.6 Å². The third-order valence-corrected chi connectivity index (χ3v) is 6.45. The van der Waals surface area contributed by atoms with Crippen LogP contribution >= 0.6 is 0 Å². The molecule has 0 unspecified atom stereocenters. The molecule has 0 aliphatic carbocycles. The highest BCUT2D eigenvalue weighted by Crippen LogP contribution is 2.26. The normalized spacial score (nSPS) is 20.1. The Labute approximate surface area is 193 Å². The van der Waals surface area contributed by atoms with Crippen molar-refractivity contribution in [2.75, 3.05) is 19.7 Å². The molecule has 4 rings (SSSR count). The molecule has 0 bridgehead atoms. The Balaban J connectivity index is 1.34. The number of ether oxygens (including phenoxy) is 1. The number of phenols is 1. The highest BCUT2D eigenvalue weighted by atomic mass is 16.5. The number of amides is 2. The average Bonchev–Trinajstić information content (AvgIpc) is 3.52. The number of hydrogen-bond acceptors (Lipinski definition) is 5. The highest BCUT2D eigenvalue weighted by molar-refractivity contribution is 5.94.